The van der Waals surface area contributed by atoms with Gasteiger partial charge in [-0.2, -0.15) is 0 Å². The average Bonchev–Trinajstić information content (AvgIpc) is 3.06. The van der Waals surface area contributed by atoms with Crippen molar-refractivity contribution in [2.24, 2.45) is 0 Å². The van der Waals surface area contributed by atoms with Crippen LogP contribution < -0.4 is 10.2 Å². The van der Waals surface area contributed by atoms with Gasteiger partial charge in [0, 0.05) is 30.0 Å². The fourth-order valence-electron chi connectivity index (χ4n) is 3.13. The highest BCUT2D eigenvalue weighted by Gasteiger charge is 2.13. The van der Waals surface area contributed by atoms with Crippen molar-refractivity contribution in [2.75, 3.05) is 23.3 Å². The van der Waals surface area contributed by atoms with Gasteiger partial charge in [-0.3, -0.25) is 4.79 Å². The number of amides is 1. The summed E-state index contributed by atoms with van der Waals surface area (Å²) in [6.45, 7) is 8.36. The Bertz CT molecular complexity index is 713. The monoisotopic (exact) mass is 308 g/mol. The molecule has 3 heteroatoms. The normalized spacial score (nSPS) is 14.1. The zero-order valence-electron chi connectivity index (χ0n) is 14.1. The number of nitrogens with zero attached hydrogens (tertiary/aromatic N) is 1. The summed E-state index contributed by atoms with van der Waals surface area (Å²) >= 11 is 0. The Balaban J connectivity index is 1.74. The molecule has 3 nitrogen and oxygen atoms in total. The summed E-state index contributed by atoms with van der Waals surface area (Å²) < 4.78 is 0. The first-order valence-corrected chi connectivity index (χ1v) is 8.29. The molecular weight excluding hydrogens is 284 g/mol. The molecular formula is C20H24N2O. The first-order valence-electron chi connectivity index (χ1n) is 8.29. The van der Waals surface area contributed by atoms with Gasteiger partial charge in [0.1, 0.15) is 0 Å². The van der Waals surface area contributed by atoms with Crippen LogP contribution in [0.5, 0.6) is 0 Å². The highest BCUT2D eigenvalue weighted by atomic mass is 16.1. The standard InChI is InChI=1S/C20H24N2O/c1-14-12-16(3)19(13-15(14)2)20(23)21-17-6-8-18(9-7-17)22-10-4-5-11-22/h6-9,12-13H,4-5,10-11H2,1-3H3,(H,21,23). The van der Waals surface area contributed by atoms with Crippen molar-refractivity contribution in [3.05, 3.63) is 58.7 Å². The Morgan fingerprint density at radius 3 is 2.17 bits per heavy atom. The van der Waals surface area contributed by atoms with Crippen LogP contribution in [0.1, 0.15) is 39.9 Å². The van der Waals surface area contributed by atoms with E-state index >= 15 is 0 Å². The number of nitrogens with one attached hydrogen (secondary N) is 1. The van der Waals surface area contributed by atoms with Gasteiger partial charge in [-0.1, -0.05) is 6.07 Å². The molecule has 2 aromatic rings. The number of benzene rings is 2. The third-order valence-corrected chi connectivity index (χ3v) is 4.68. The minimum absolute atomic E-state index is 0.0421. The number of carbonyl (C=O) groups is 1. The lowest BCUT2D eigenvalue weighted by atomic mass is 10.0. The van der Waals surface area contributed by atoms with Gasteiger partial charge in [0.05, 0.1) is 0 Å². The Hall–Kier alpha value is -2.29. The average molecular weight is 308 g/mol. The molecule has 1 aliphatic heterocycles. The van der Waals surface area contributed by atoms with Crippen LogP contribution in [0, 0.1) is 20.8 Å². The maximum atomic E-state index is 12.5. The van der Waals surface area contributed by atoms with E-state index in [1.165, 1.54) is 24.1 Å². The van der Waals surface area contributed by atoms with Gasteiger partial charge in [-0.25, -0.2) is 0 Å². The van der Waals surface area contributed by atoms with Crippen LogP contribution in [0.2, 0.25) is 0 Å². The fourth-order valence-corrected chi connectivity index (χ4v) is 3.13. The quantitative estimate of drug-likeness (QED) is 0.907. The van der Waals surface area contributed by atoms with Gasteiger partial charge in [0.15, 0.2) is 0 Å². The van der Waals surface area contributed by atoms with E-state index in [4.69, 9.17) is 0 Å². The molecule has 0 bridgehead atoms. The van der Waals surface area contributed by atoms with E-state index in [1.807, 2.05) is 32.0 Å². The summed E-state index contributed by atoms with van der Waals surface area (Å²) in [7, 11) is 0. The second-order valence-electron chi connectivity index (χ2n) is 6.45. The van der Waals surface area contributed by atoms with E-state index in [-0.39, 0.29) is 5.91 Å². The van der Waals surface area contributed by atoms with Gasteiger partial charge in [0.25, 0.3) is 5.91 Å². The second kappa shape index (κ2) is 6.45. The van der Waals surface area contributed by atoms with Gasteiger partial charge < -0.3 is 10.2 Å². The SMILES string of the molecule is Cc1cc(C)c(C(=O)Nc2ccc(N3CCCC3)cc2)cc1C. The Kier molecular flexibility index (Phi) is 4.37. The minimum atomic E-state index is -0.0421. The molecule has 0 atom stereocenters. The number of hydrogen-bond donors (Lipinski definition) is 1. The Morgan fingerprint density at radius 2 is 1.52 bits per heavy atom. The smallest absolute Gasteiger partial charge is 0.255 e. The molecule has 0 spiro atoms. The number of carbonyl (C=O) groups excluding carboxylic acids is 1. The third kappa shape index (κ3) is 3.39. The summed E-state index contributed by atoms with van der Waals surface area (Å²) in [6.07, 6.45) is 2.54. The molecule has 1 fully saturated rings. The minimum Gasteiger partial charge on any atom is -0.372 e. The van der Waals surface area contributed by atoms with Crippen LogP contribution in [0.15, 0.2) is 36.4 Å². The van der Waals surface area contributed by atoms with Crippen molar-refractivity contribution >= 4 is 17.3 Å². The van der Waals surface area contributed by atoms with Crippen LogP contribution in [-0.4, -0.2) is 19.0 Å². The van der Waals surface area contributed by atoms with Gasteiger partial charge >= 0.3 is 0 Å². The molecule has 23 heavy (non-hydrogen) atoms. The molecule has 1 N–H and O–H groups in total. The molecule has 0 radical (unpaired) electrons. The predicted molar refractivity (Wildman–Crippen MR) is 96.5 cm³/mol. The highest BCUT2D eigenvalue weighted by Crippen LogP contribution is 2.23. The van der Waals surface area contributed by atoms with Crippen LogP contribution in [0.4, 0.5) is 11.4 Å². The molecule has 120 valence electrons. The third-order valence-electron chi connectivity index (χ3n) is 4.68. The summed E-state index contributed by atoms with van der Waals surface area (Å²) in [5.41, 5.74) is 6.20. The molecule has 2 aromatic carbocycles. The Morgan fingerprint density at radius 1 is 0.913 bits per heavy atom. The van der Waals surface area contributed by atoms with Gasteiger partial charge in [-0.05, 0) is 80.6 Å². The van der Waals surface area contributed by atoms with E-state index in [2.05, 4.69) is 35.3 Å². The number of aryl methyl sites for hydroxylation is 3. The molecule has 1 amide bonds. The topological polar surface area (TPSA) is 32.3 Å². The van der Waals surface area contributed by atoms with E-state index < -0.39 is 0 Å². The van der Waals surface area contributed by atoms with Crippen molar-refractivity contribution in [1.82, 2.24) is 0 Å². The van der Waals surface area contributed by atoms with Crippen molar-refractivity contribution in [3.63, 3.8) is 0 Å². The second-order valence-corrected chi connectivity index (χ2v) is 6.45. The Labute approximate surface area is 138 Å². The van der Waals surface area contributed by atoms with Gasteiger partial charge in [-0.15, -0.1) is 0 Å². The van der Waals surface area contributed by atoms with Crippen LogP contribution in [0.3, 0.4) is 0 Å². The molecule has 1 saturated heterocycles. The molecule has 3 rings (SSSR count). The summed E-state index contributed by atoms with van der Waals surface area (Å²) in [5, 5.41) is 3.01. The maximum Gasteiger partial charge on any atom is 0.255 e. The van der Waals surface area contributed by atoms with Crippen LogP contribution in [0.25, 0.3) is 0 Å². The van der Waals surface area contributed by atoms with E-state index in [1.54, 1.807) is 0 Å². The molecule has 1 aliphatic rings. The lowest BCUT2D eigenvalue weighted by molar-refractivity contribution is 0.102. The fraction of sp³-hybridized carbons (Fsp3) is 0.350. The number of hydrogen-bond acceptors (Lipinski definition) is 2. The lowest BCUT2D eigenvalue weighted by Gasteiger charge is -2.18. The first-order chi connectivity index (χ1) is 11.0. The van der Waals surface area contributed by atoms with Crippen molar-refractivity contribution in [1.29, 1.82) is 0 Å². The lowest BCUT2D eigenvalue weighted by Crippen LogP contribution is -2.17. The van der Waals surface area contributed by atoms with Crippen molar-refractivity contribution < 1.29 is 4.79 Å². The van der Waals surface area contributed by atoms with Crippen molar-refractivity contribution in [2.45, 2.75) is 33.6 Å². The maximum absolute atomic E-state index is 12.5. The van der Waals surface area contributed by atoms with Gasteiger partial charge in [0.2, 0.25) is 0 Å². The summed E-state index contributed by atoms with van der Waals surface area (Å²) in [5.74, 6) is -0.0421. The molecule has 0 aromatic heterocycles. The van der Waals surface area contributed by atoms with Crippen molar-refractivity contribution in [3.8, 4) is 0 Å². The highest BCUT2D eigenvalue weighted by molar-refractivity contribution is 6.05. The van der Waals surface area contributed by atoms with Crippen LogP contribution >= 0.6 is 0 Å². The molecule has 1 heterocycles. The predicted octanol–water partition coefficient (Wildman–Crippen LogP) is 4.46. The largest absolute Gasteiger partial charge is 0.372 e. The number of rotatable bonds is 3. The molecule has 0 aliphatic carbocycles. The zero-order chi connectivity index (χ0) is 16.4. The first kappa shape index (κ1) is 15.6. The van der Waals surface area contributed by atoms with E-state index in [0.717, 1.165) is 35.5 Å². The van der Waals surface area contributed by atoms with Crippen LogP contribution in [-0.2, 0) is 0 Å². The molecule has 0 saturated carbocycles. The number of anilines is 2. The van der Waals surface area contributed by atoms with E-state index in [9.17, 15) is 4.79 Å². The summed E-state index contributed by atoms with van der Waals surface area (Å²) in [4.78, 5) is 14.9. The summed E-state index contributed by atoms with van der Waals surface area (Å²) in [6, 6.07) is 12.2. The molecule has 0 unspecified atom stereocenters. The van der Waals surface area contributed by atoms with E-state index in [0.29, 0.717) is 0 Å². The zero-order valence-corrected chi connectivity index (χ0v) is 14.1.